The Labute approximate surface area is 168 Å². The third-order valence-electron chi connectivity index (χ3n) is 4.57. The van der Waals surface area contributed by atoms with Crippen LogP contribution in [0.5, 0.6) is 0 Å². The zero-order valence-electron chi connectivity index (χ0n) is 15.1. The maximum absolute atomic E-state index is 12.5. The smallest absolute Gasteiger partial charge is 0.338 e. The Morgan fingerprint density at radius 1 is 1.21 bits per heavy atom. The summed E-state index contributed by atoms with van der Waals surface area (Å²) < 4.78 is 5.37. The Hall–Kier alpha value is -2.90. The second kappa shape index (κ2) is 8.86. The molecule has 28 heavy (non-hydrogen) atoms. The van der Waals surface area contributed by atoms with Gasteiger partial charge in [-0.1, -0.05) is 6.07 Å². The number of esters is 1. The third-order valence-corrected chi connectivity index (χ3v) is 4.57. The molecule has 1 aromatic carbocycles. The molecule has 1 unspecified atom stereocenters. The summed E-state index contributed by atoms with van der Waals surface area (Å²) in [5.41, 5.74) is 1.99. The number of halogens is 1. The van der Waals surface area contributed by atoms with Gasteiger partial charge in [0.25, 0.3) is 5.91 Å². The zero-order chi connectivity index (χ0) is 18.6. The molecule has 3 heterocycles. The molecule has 1 amide bonds. The third kappa shape index (κ3) is 4.49. The second-order valence-electron chi connectivity index (χ2n) is 6.55. The summed E-state index contributed by atoms with van der Waals surface area (Å²) in [6.45, 7) is 1.32. The SMILES string of the molecule is Cl.O=C(OCC1CCCN1)c1cccc(NC(=O)c2cc3cccnc3[nH]2)c1. The van der Waals surface area contributed by atoms with E-state index in [1.54, 1.807) is 36.5 Å². The molecule has 0 aliphatic carbocycles. The topological polar surface area (TPSA) is 96.1 Å². The van der Waals surface area contributed by atoms with Crippen LogP contribution in [0.3, 0.4) is 0 Å². The number of benzene rings is 1. The quantitative estimate of drug-likeness (QED) is 0.572. The number of H-pyrrole nitrogens is 1. The first-order valence-corrected chi connectivity index (χ1v) is 8.95. The number of aromatic nitrogens is 2. The predicted octanol–water partition coefficient (Wildman–Crippen LogP) is 3.15. The number of hydrogen-bond acceptors (Lipinski definition) is 5. The first kappa shape index (κ1) is 19.9. The fraction of sp³-hybridized carbons (Fsp3) is 0.250. The van der Waals surface area contributed by atoms with Crippen molar-refractivity contribution in [3.8, 4) is 0 Å². The summed E-state index contributed by atoms with van der Waals surface area (Å²) in [5.74, 6) is -0.691. The number of ether oxygens (including phenoxy) is 1. The van der Waals surface area contributed by atoms with E-state index in [0.717, 1.165) is 24.8 Å². The number of fused-ring (bicyclic) bond motifs is 1. The van der Waals surface area contributed by atoms with Crippen LogP contribution in [0.15, 0.2) is 48.7 Å². The van der Waals surface area contributed by atoms with Crippen LogP contribution < -0.4 is 10.6 Å². The highest BCUT2D eigenvalue weighted by Gasteiger charge is 2.17. The summed E-state index contributed by atoms with van der Waals surface area (Å²) in [6, 6.07) is 12.4. The van der Waals surface area contributed by atoms with E-state index >= 15 is 0 Å². The Kier molecular flexibility index (Phi) is 6.28. The summed E-state index contributed by atoms with van der Waals surface area (Å²) in [5, 5.41) is 6.94. The number of hydrogen-bond donors (Lipinski definition) is 3. The number of rotatable bonds is 5. The van der Waals surface area contributed by atoms with E-state index in [4.69, 9.17) is 4.74 Å². The number of aromatic amines is 1. The van der Waals surface area contributed by atoms with Crippen LogP contribution in [0.2, 0.25) is 0 Å². The normalized spacial score (nSPS) is 15.8. The van der Waals surface area contributed by atoms with Crippen LogP contribution >= 0.6 is 12.4 Å². The van der Waals surface area contributed by atoms with Gasteiger partial charge in [0.1, 0.15) is 17.9 Å². The van der Waals surface area contributed by atoms with Gasteiger partial charge < -0.3 is 20.4 Å². The van der Waals surface area contributed by atoms with Crippen molar-refractivity contribution < 1.29 is 14.3 Å². The van der Waals surface area contributed by atoms with E-state index in [1.807, 2.05) is 12.1 Å². The van der Waals surface area contributed by atoms with E-state index in [2.05, 4.69) is 20.6 Å². The number of nitrogens with one attached hydrogen (secondary N) is 3. The molecule has 0 radical (unpaired) electrons. The van der Waals surface area contributed by atoms with Gasteiger partial charge in [0, 0.05) is 23.3 Å². The van der Waals surface area contributed by atoms with Crippen molar-refractivity contribution in [2.24, 2.45) is 0 Å². The van der Waals surface area contributed by atoms with Gasteiger partial charge in [-0.3, -0.25) is 4.79 Å². The maximum Gasteiger partial charge on any atom is 0.338 e. The zero-order valence-corrected chi connectivity index (χ0v) is 15.9. The minimum Gasteiger partial charge on any atom is -0.460 e. The Balaban J connectivity index is 0.00000225. The summed E-state index contributed by atoms with van der Waals surface area (Å²) in [6.07, 6.45) is 3.78. The second-order valence-corrected chi connectivity index (χ2v) is 6.55. The van der Waals surface area contributed by atoms with Crippen molar-refractivity contribution in [3.63, 3.8) is 0 Å². The van der Waals surface area contributed by atoms with Crippen molar-refractivity contribution in [1.29, 1.82) is 0 Å². The highest BCUT2D eigenvalue weighted by atomic mass is 35.5. The molecule has 1 atom stereocenters. The maximum atomic E-state index is 12.5. The average Bonchev–Trinajstić information content (AvgIpc) is 3.35. The molecule has 146 valence electrons. The molecule has 1 aliphatic rings. The van der Waals surface area contributed by atoms with Gasteiger partial charge in [-0.2, -0.15) is 0 Å². The van der Waals surface area contributed by atoms with Gasteiger partial charge in [0.05, 0.1) is 5.56 Å². The van der Waals surface area contributed by atoms with Gasteiger partial charge in [0.2, 0.25) is 0 Å². The van der Waals surface area contributed by atoms with Crippen LogP contribution in [-0.2, 0) is 4.74 Å². The number of pyridine rings is 1. The minimum absolute atomic E-state index is 0. The highest BCUT2D eigenvalue weighted by molar-refractivity contribution is 6.06. The standard InChI is InChI=1S/C20H20N4O3.ClH/c25-19(17-11-13-5-2-9-22-18(13)24-17)23-15-6-1-4-14(10-15)20(26)27-12-16-7-3-8-21-16;/h1-2,4-6,9-11,16,21H,3,7-8,12H2,(H,22,24)(H,23,25);1H. The van der Waals surface area contributed by atoms with Crippen LogP contribution in [0, 0.1) is 0 Å². The van der Waals surface area contributed by atoms with Crippen molar-refractivity contribution in [1.82, 2.24) is 15.3 Å². The predicted molar refractivity (Wildman–Crippen MR) is 109 cm³/mol. The molecule has 4 rings (SSSR count). The molecule has 0 saturated carbocycles. The number of nitrogens with zero attached hydrogens (tertiary/aromatic N) is 1. The lowest BCUT2D eigenvalue weighted by molar-refractivity contribution is 0.0473. The lowest BCUT2D eigenvalue weighted by Crippen LogP contribution is -2.28. The monoisotopic (exact) mass is 400 g/mol. The highest BCUT2D eigenvalue weighted by Crippen LogP contribution is 2.16. The van der Waals surface area contributed by atoms with E-state index < -0.39 is 5.97 Å². The summed E-state index contributed by atoms with van der Waals surface area (Å²) >= 11 is 0. The van der Waals surface area contributed by atoms with Crippen molar-refractivity contribution in [2.75, 3.05) is 18.5 Å². The summed E-state index contributed by atoms with van der Waals surface area (Å²) in [4.78, 5) is 31.9. The molecule has 1 fully saturated rings. The van der Waals surface area contributed by atoms with Crippen LogP contribution in [0.1, 0.15) is 33.7 Å². The van der Waals surface area contributed by atoms with Crippen LogP contribution in [0.25, 0.3) is 11.0 Å². The average molecular weight is 401 g/mol. The van der Waals surface area contributed by atoms with Crippen molar-refractivity contribution in [2.45, 2.75) is 18.9 Å². The van der Waals surface area contributed by atoms with Crippen molar-refractivity contribution >= 4 is 41.0 Å². The molecule has 1 aliphatic heterocycles. The van der Waals surface area contributed by atoms with Crippen LogP contribution in [0.4, 0.5) is 5.69 Å². The molecule has 2 aromatic heterocycles. The summed E-state index contributed by atoms with van der Waals surface area (Å²) in [7, 11) is 0. The Morgan fingerprint density at radius 3 is 2.89 bits per heavy atom. The molecular weight excluding hydrogens is 380 g/mol. The fourth-order valence-corrected chi connectivity index (χ4v) is 3.16. The molecule has 0 bridgehead atoms. The largest absolute Gasteiger partial charge is 0.460 e. The number of amides is 1. The van der Waals surface area contributed by atoms with Gasteiger partial charge in [0.15, 0.2) is 0 Å². The van der Waals surface area contributed by atoms with Crippen molar-refractivity contribution in [3.05, 3.63) is 59.9 Å². The lowest BCUT2D eigenvalue weighted by Gasteiger charge is -2.11. The molecule has 8 heteroatoms. The minimum atomic E-state index is -0.394. The van der Waals surface area contributed by atoms with E-state index in [1.165, 1.54) is 0 Å². The van der Waals surface area contributed by atoms with Gasteiger partial charge in [-0.25, -0.2) is 9.78 Å². The van der Waals surface area contributed by atoms with Gasteiger partial charge in [-0.05, 0) is 55.8 Å². The van der Waals surface area contributed by atoms with E-state index in [-0.39, 0.29) is 24.4 Å². The fourth-order valence-electron chi connectivity index (χ4n) is 3.16. The Morgan fingerprint density at radius 2 is 2.11 bits per heavy atom. The van der Waals surface area contributed by atoms with Gasteiger partial charge >= 0.3 is 5.97 Å². The first-order valence-electron chi connectivity index (χ1n) is 8.95. The molecule has 1 saturated heterocycles. The number of carbonyl (C=O) groups is 2. The Bertz CT molecular complexity index is 949. The van der Waals surface area contributed by atoms with E-state index in [9.17, 15) is 9.59 Å². The number of anilines is 1. The molecular formula is C20H21ClN4O3. The molecule has 3 N–H and O–H groups in total. The van der Waals surface area contributed by atoms with Gasteiger partial charge in [-0.15, -0.1) is 12.4 Å². The lowest BCUT2D eigenvalue weighted by atomic mass is 10.2. The van der Waals surface area contributed by atoms with E-state index in [0.29, 0.717) is 29.2 Å². The van der Waals surface area contributed by atoms with Crippen LogP contribution in [-0.4, -0.2) is 41.0 Å². The molecule has 0 spiro atoms. The number of carbonyl (C=O) groups excluding carboxylic acids is 2. The molecule has 3 aromatic rings. The molecule has 7 nitrogen and oxygen atoms in total. The first-order chi connectivity index (χ1) is 13.2.